The van der Waals surface area contributed by atoms with Crippen molar-refractivity contribution in [1.82, 2.24) is 19.6 Å². The van der Waals surface area contributed by atoms with Gasteiger partial charge in [-0.2, -0.15) is 4.72 Å². The average Bonchev–Trinajstić information content (AvgIpc) is 3.29. The minimum atomic E-state index is -4.05. The summed E-state index contributed by atoms with van der Waals surface area (Å²) in [7, 11) is -0.748. The molecule has 0 spiro atoms. The molecule has 30 heavy (non-hydrogen) atoms. The second-order valence-electron chi connectivity index (χ2n) is 6.71. The van der Waals surface area contributed by atoms with E-state index in [-0.39, 0.29) is 16.0 Å². The molecule has 2 heterocycles. The first-order valence-electron chi connectivity index (χ1n) is 8.93. The lowest BCUT2D eigenvalue weighted by atomic mass is 10.1. The minimum Gasteiger partial charge on any atom is -0.497 e. The van der Waals surface area contributed by atoms with Crippen LogP contribution in [0.3, 0.4) is 0 Å². The predicted octanol–water partition coefficient (Wildman–Crippen LogP) is 1.38. The summed E-state index contributed by atoms with van der Waals surface area (Å²) in [5, 5.41) is 2.15. The Labute approximate surface area is 172 Å². The van der Waals surface area contributed by atoms with Crippen molar-refractivity contribution in [3.63, 3.8) is 0 Å². The smallest absolute Gasteiger partial charge is 0.258 e. The quantitative estimate of drug-likeness (QED) is 0.575. The van der Waals surface area contributed by atoms with Crippen molar-refractivity contribution in [2.75, 3.05) is 7.11 Å². The number of imide groups is 1. The number of rotatable bonds is 6. The molecule has 154 valence electrons. The Balaban J connectivity index is 1.74. The van der Waals surface area contributed by atoms with Gasteiger partial charge in [-0.3, -0.25) is 14.9 Å². The van der Waals surface area contributed by atoms with Gasteiger partial charge in [0.25, 0.3) is 11.8 Å². The Kier molecular flexibility index (Phi) is 4.88. The number of amides is 2. The van der Waals surface area contributed by atoms with Gasteiger partial charge in [0.05, 0.1) is 23.1 Å². The van der Waals surface area contributed by atoms with Crippen LogP contribution in [0.4, 0.5) is 0 Å². The van der Waals surface area contributed by atoms with E-state index in [1.165, 1.54) is 18.2 Å². The van der Waals surface area contributed by atoms with Crippen LogP contribution in [0.25, 0.3) is 0 Å². The number of fused-ring (bicyclic) bond motifs is 1. The van der Waals surface area contributed by atoms with Crippen molar-refractivity contribution in [2.24, 2.45) is 7.05 Å². The summed E-state index contributed by atoms with van der Waals surface area (Å²) in [5.41, 5.74) is 0.832. The first-order chi connectivity index (χ1) is 14.3. The minimum absolute atomic E-state index is 0.0286. The second-order valence-corrected chi connectivity index (χ2v) is 8.43. The molecule has 1 unspecified atom stereocenters. The molecule has 1 aliphatic rings. The number of methoxy groups -OCH3 is 1. The highest BCUT2D eigenvalue weighted by Gasteiger charge is 2.31. The monoisotopic (exact) mass is 426 g/mol. The molecule has 0 saturated heterocycles. The number of sulfonamides is 1. The van der Waals surface area contributed by atoms with Crippen molar-refractivity contribution in [1.29, 1.82) is 0 Å². The molecule has 0 aliphatic carbocycles. The van der Waals surface area contributed by atoms with Crippen LogP contribution in [-0.2, 0) is 17.1 Å². The largest absolute Gasteiger partial charge is 0.497 e. The summed E-state index contributed by atoms with van der Waals surface area (Å²) < 4.78 is 35.8. The molecule has 0 radical (unpaired) electrons. The van der Waals surface area contributed by atoms with Gasteiger partial charge in [-0.1, -0.05) is 12.1 Å². The summed E-state index contributed by atoms with van der Waals surface area (Å²) in [6.45, 7) is 0. The molecule has 4 rings (SSSR count). The number of carbonyl (C=O) groups excluding carboxylic acids is 2. The maximum Gasteiger partial charge on any atom is 0.258 e. The maximum absolute atomic E-state index is 13.1. The average molecular weight is 426 g/mol. The zero-order valence-electron chi connectivity index (χ0n) is 16.1. The number of benzene rings is 2. The van der Waals surface area contributed by atoms with Crippen molar-refractivity contribution < 1.29 is 22.7 Å². The maximum atomic E-state index is 13.1. The lowest BCUT2D eigenvalue weighted by molar-refractivity contribution is 0.0879. The van der Waals surface area contributed by atoms with Gasteiger partial charge in [-0.15, -0.1) is 0 Å². The third-order valence-corrected chi connectivity index (χ3v) is 6.28. The van der Waals surface area contributed by atoms with Crippen LogP contribution in [0.1, 0.15) is 38.1 Å². The number of aryl methyl sites for hydroxylation is 1. The molecule has 1 atom stereocenters. The Hall–Kier alpha value is -3.50. The van der Waals surface area contributed by atoms with E-state index >= 15 is 0 Å². The number of aromatic nitrogens is 2. The Morgan fingerprint density at radius 3 is 2.40 bits per heavy atom. The van der Waals surface area contributed by atoms with Crippen LogP contribution in [0.15, 0.2) is 59.8 Å². The molecule has 1 aliphatic heterocycles. The van der Waals surface area contributed by atoms with Gasteiger partial charge in [-0.25, -0.2) is 13.4 Å². The second kappa shape index (κ2) is 7.39. The van der Waals surface area contributed by atoms with Gasteiger partial charge < -0.3 is 9.30 Å². The predicted molar refractivity (Wildman–Crippen MR) is 107 cm³/mol. The first-order valence-corrected chi connectivity index (χ1v) is 10.4. The third-order valence-electron chi connectivity index (χ3n) is 4.86. The highest BCUT2D eigenvalue weighted by atomic mass is 32.2. The summed E-state index contributed by atoms with van der Waals surface area (Å²) in [6, 6.07) is 9.97. The van der Waals surface area contributed by atoms with E-state index in [1.54, 1.807) is 55.4 Å². The number of hydrogen-bond acceptors (Lipinski definition) is 6. The van der Waals surface area contributed by atoms with Gasteiger partial charge in [0.15, 0.2) is 0 Å². The number of hydrogen-bond donors (Lipinski definition) is 2. The normalized spacial score (nSPS) is 14.3. The fourth-order valence-corrected chi connectivity index (χ4v) is 4.47. The Morgan fingerprint density at radius 2 is 1.77 bits per heavy atom. The van der Waals surface area contributed by atoms with Gasteiger partial charge >= 0.3 is 0 Å². The molecule has 0 saturated carbocycles. The van der Waals surface area contributed by atoms with E-state index < -0.39 is 27.9 Å². The fourth-order valence-electron chi connectivity index (χ4n) is 3.26. The van der Waals surface area contributed by atoms with Crippen molar-refractivity contribution in [3.05, 3.63) is 77.4 Å². The van der Waals surface area contributed by atoms with Crippen LogP contribution in [0.2, 0.25) is 0 Å². The van der Waals surface area contributed by atoms with Crippen molar-refractivity contribution in [2.45, 2.75) is 10.9 Å². The number of nitrogens with one attached hydrogen (secondary N) is 2. The molecule has 1 aromatic heterocycles. The molecular weight excluding hydrogens is 408 g/mol. The van der Waals surface area contributed by atoms with Crippen LogP contribution in [-0.4, -0.2) is 36.9 Å². The highest BCUT2D eigenvalue weighted by molar-refractivity contribution is 7.89. The molecule has 2 aromatic carbocycles. The van der Waals surface area contributed by atoms with Gasteiger partial charge in [-0.05, 0) is 35.9 Å². The van der Waals surface area contributed by atoms with Gasteiger partial charge in [0, 0.05) is 19.4 Å². The standard InChI is InChI=1S/C20H18N4O5S/c1-24-10-9-21-18(24)17(12-3-5-13(29-2)6-4-12)23-30(27,28)14-7-8-15-16(11-14)20(26)22-19(15)25/h3-11,17,23H,1-2H3,(H,22,25,26). The van der Waals surface area contributed by atoms with E-state index in [1.807, 2.05) is 0 Å². The summed E-state index contributed by atoms with van der Waals surface area (Å²) in [6.07, 6.45) is 3.29. The van der Waals surface area contributed by atoms with Crippen molar-refractivity contribution in [3.8, 4) is 5.75 Å². The highest BCUT2D eigenvalue weighted by Crippen LogP contribution is 2.26. The molecule has 0 fully saturated rings. The lowest BCUT2D eigenvalue weighted by Crippen LogP contribution is -2.31. The van der Waals surface area contributed by atoms with E-state index in [0.29, 0.717) is 17.1 Å². The number of carbonyl (C=O) groups is 2. The number of ether oxygens (including phenoxy) is 1. The zero-order valence-corrected chi connectivity index (χ0v) is 16.9. The lowest BCUT2D eigenvalue weighted by Gasteiger charge is -2.19. The van der Waals surface area contributed by atoms with Crippen LogP contribution < -0.4 is 14.8 Å². The summed E-state index contributed by atoms with van der Waals surface area (Å²) in [5.74, 6) is -0.0498. The fraction of sp³-hybridized carbons (Fsp3) is 0.150. The molecule has 9 nitrogen and oxygen atoms in total. The van der Waals surface area contributed by atoms with Crippen LogP contribution >= 0.6 is 0 Å². The zero-order chi connectivity index (χ0) is 21.5. The topological polar surface area (TPSA) is 119 Å². The third kappa shape index (κ3) is 3.46. The molecule has 0 bridgehead atoms. The van der Waals surface area contributed by atoms with E-state index in [0.717, 1.165) is 0 Å². The van der Waals surface area contributed by atoms with Crippen LogP contribution in [0.5, 0.6) is 5.75 Å². The van der Waals surface area contributed by atoms with Crippen molar-refractivity contribution >= 4 is 21.8 Å². The number of imidazole rings is 1. The SMILES string of the molecule is COc1ccc(C(NS(=O)(=O)c2ccc3c(c2)C(=O)NC3=O)c2nccn2C)cc1. The van der Waals surface area contributed by atoms with Crippen LogP contribution in [0, 0.1) is 0 Å². The van der Waals surface area contributed by atoms with E-state index in [2.05, 4.69) is 15.0 Å². The molecule has 10 heteroatoms. The van der Waals surface area contributed by atoms with Gasteiger partial charge in [0.1, 0.15) is 17.6 Å². The Bertz CT molecular complexity index is 1250. The summed E-state index contributed by atoms with van der Waals surface area (Å²) >= 11 is 0. The molecule has 2 N–H and O–H groups in total. The van der Waals surface area contributed by atoms with E-state index in [9.17, 15) is 18.0 Å². The molecule has 2 amide bonds. The Morgan fingerprint density at radius 1 is 1.07 bits per heavy atom. The van der Waals surface area contributed by atoms with Gasteiger partial charge in [0.2, 0.25) is 10.0 Å². The first kappa shape index (κ1) is 19.8. The number of nitrogens with zero attached hydrogens (tertiary/aromatic N) is 2. The summed E-state index contributed by atoms with van der Waals surface area (Å²) in [4.78, 5) is 27.8. The molecular formula is C20H18N4O5S. The molecule has 3 aromatic rings. The van der Waals surface area contributed by atoms with E-state index in [4.69, 9.17) is 4.74 Å².